The van der Waals surface area contributed by atoms with Crippen LogP contribution >= 0.6 is 0 Å². The van der Waals surface area contributed by atoms with E-state index in [2.05, 4.69) is 9.46 Å². The van der Waals surface area contributed by atoms with Crippen LogP contribution in [0.15, 0.2) is 53.4 Å². The number of nitrogens with one attached hydrogen (secondary N) is 1. The summed E-state index contributed by atoms with van der Waals surface area (Å²) in [6.07, 6.45) is 0. The van der Waals surface area contributed by atoms with E-state index in [9.17, 15) is 13.2 Å². The van der Waals surface area contributed by atoms with Crippen molar-refractivity contribution in [3.05, 3.63) is 54.1 Å². The Labute approximate surface area is 122 Å². The molecule has 0 saturated heterocycles. The maximum absolute atomic E-state index is 12.2. The van der Waals surface area contributed by atoms with Gasteiger partial charge in [0.25, 0.3) is 10.0 Å². The molecule has 21 heavy (non-hydrogen) atoms. The van der Waals surface area contributed by atoms with Gasteiger partial charge in [-0.05, 0) is 36.4 Å². The molecular formula is C14H14N2O4S. The number of hydrogen-bond donors (Lipinski definition) is 2. The smallest absolute Gasteiger partial charge is 0.337 e. The number of nitrogens with two attached hydrogens (primary N) is 1. The summed E-state index contributed by atoms with van der Waals surface area (Å²) >= 11 is 0. The summed E-state index contributed by atoms with van der Waals surface area (Å²) in [5, 5.41) is 0. The highest BCUT2D eigenvalue weighted by Crippen LogP contribution is 2.19. The molecule has 110 valence electrons. The molecule has 0 heterocycles. The molecule has 0 atom stereocenters. The quantitative estimate of drug-likeness (QED) is 0.663. The third kappa shape index (κ3) is 3.51. The molecule has 2 aromatic carbocycles. The number of ether oxygens (including phenoxy) is 1. The number of methoxy groups -OCH3 is 1. The fourth-order valence-corrected chi connectivity index (χ4v) is 2.83. The van der Waals surface area contributed by atoms with E-state index < -0.39 is 16.0 Å². The number of carbonyl (C=O) groups is 1. The number of nitrogen functional groups attached to an aromatic ring is 1. The Hall–Kier alpha value is -2.54. The Balaban J connectivity index is 2.31. The molecule has 0 radical (unpaired) electrons. The fourth-order valence-electron chi connectivity index (χ4n) is 1.72. The van der Waals surface area contributed by atoms with Crippen LogP contribution in [0.3, 0.4) is 0 Å². The third-order valence-corrected chi connectivity index (χ3v) is 4.08. The summed E-state index contributed by atoms with van der Waals surface area (Å²) in [4.78, 5) is 11.5. The highest BCUT2D eigenvalue weighted by molar-refractivity contribution is 7.92. The molecule has 0 aliphatic rings. The first-order valence-corrected chi connectivity index (χ1v) is 7.47. The third-order valence-electron chi connectivity index (χ3n) is 2.70. The zero-order valence-electron chi connectivity index (χ0n) is 11.2. The van der Waals surface area contributed by atoms with Crippen molar-refractivity contribution < 1.29 is 17.9 Å². The highest BCUT2D eigenvalue weighted by atomic mass is 32.2. The van der Waals surface area contributed by atoms with E-state index >= 15 is 0 Å². The van der Waals surface area contributed by atoms with Crippen molar-refractivity contribution in [2.45, 2.75) is 4.90 Å². The predicted molar refractivity (Wildman–Crippen MR) is 79.4 cm³/mol. The van der Waals surface area contributed by atoms with Crippen molar-refractivity contribution >= 4 is 27.4 Å². The summed E-state index contributed by atoms with van der Waals surface area (Å²) < 4.78 is 31.4. The van der Waals surface area contributed by atoms with Gasteiger partial charge in [-0.15, -0.1) is 0 Å². The average Bonchev–Trinajstić information content (AvgIpc) is 2.46. The summed E-state index contributed by atoms with van der Waals surface area (Å²) in [5.41, 5.74) is 6.44. The number of esters is 1. The Kier molecular flexibility index (Phi) is 4.13. The van der Waals surface area contributed by atoms with Gasteiger partial charge in [-0.1, -0.05) is 12.1 Å². The van der Waals surface area contributed by atoms with Crippen molar-refractivity contribution in [2.24, 2.45) is 0 Å². The van der Waals surface area contributed by atoms with Gasteiger partial charge in [0.15, 0.2) is 0 Å². The van der Waals surface area contributed by atoms with Gasteiger partial charge in [0.2, 0.25) is 0 Å². The molecule has 0 saturated carbocycles. The summed E-state index contributed by atoms with van der Waals surface area (Å²) in [5.74, 6) is -0.542. The SMILES string of the molecule is COC(=O)c1cccc(NS(=O)(=O)c2cccc(N)c2)c1. The van der Waals surface area contributed by atoms with Gasteiger partial charge in [0, 0.05) is 11.4 Å². The van der Waals surface area contributed by atoms with E-state index in [-0.39, 0.29) is 16.1 Å². The van der Waals surface area contributed by atoms with E-state index in [0.717, 1.165) is 0 Å². The maximum atomic E-state index is 12.2. The number of benzene rings is 2. The lowest BCUT2D eigenvalue weighted by Gasteiger charge is -2.09. The Morgan fingerprint density at radius 1 is 1.14 bits per heavy atom. The van der Waals surface area contributed by atoms with E-state index in [1.165, 1.54) is 37.4 Å². The molecule has 0 bridgehead atoms. The van der Waals surface area contributed by atoms with Gasteiger partial charge in [0.05, 0.1) is 17.6 Å². The molecular weight excluding hydrogens is 292 g/mol. The van der Waals surface area contributed by atoms with Crippen LogP contribution in [-0.4, -0.2) is 21.5 Å². The molecule has 6 nitrogen and oxygen atoms in total. The first kappa shape index (κ1) is 14.9. The molecule has 0 aliphatic carbocycles. The summed E-state index contributed by atoms with van der Waals surface area (Å²) in [7, 11) is -2.51. The van der Waals surface area contributed by atoms with Gasteiger partial charge < -0.3 is 10.5 Å². The van der Waals surface area contributed by atoms with Crippen LogP contribution in [0.4, 0.5) is 11.4 Å². The number of sulfonamides is 1. The topological polar surface area (TPSA) is 98.5 Å². The molecule has 0 spiro atoms. The summed E-state index contributed by atoms with van der Waals surface area (Å²) in [6.45, 7) is 0. The molecule has 2 aromatic rings. The van der Waals surface area contributed by atoms with Gasteiger partial charge in [-0.3, -0.25) is 4.72 Å². The highest BCUT2D eigenvalue weighted by Gasteiger charge is 2.15. The van der Waals surface area contributed by atoms with Crippen molar-refractivity contribution in [3.8, 4) is 0 Å². The van der Waals surface area contributed by atoms with Crippen LogP contribution in [-0.2, 0) is 14.8 Å². The second kappa shape index (κ2) is 5.84. The van der Waals surface area contributed by atoms with Crippen molar-refractivity contribution in [3.63, 3.8) is 0 Å². The maximum Gasteiger partial charge on any atom is 0.337 e. The van der Waals surface area contributed by atoms with Crippen LogP contribution in [0.2, 0.25) is 0 Å². The largest absolute Gasteiger partial charge is 0.465 e. The molecule has 0 aromatic heterocycles. The van der Waals surface area contributed by atoms with Crippen LogP contribution < -0.4 is 10.5 Å². The lowest BCUT2D eigenvalue weighted by molar-refractivity contribution is 0.0601. The lowest BCUT2D eigenvalue weighted by atomic mass is 10.2. The zero-order valence-corrected chi connectivity index (χ0v) is 12.1. The molecule has 2 rings (SSSR count). The number of carbonyl (C=O) groups excluding carboxylic acids is 1. The zero-order chi connectivity index (χ0) is 15.5. The number of rotatable bonds is 4. The number of hydrogen-bond acceptors (Lipinski definition) is 5. The summed E-state index contributed by atoms with van der Waals surface area (Å²) in [6, 6.07) is 12.0. The first-order valence-electron chi connectivity index (χ1n) is 5.99. The number of anilines is 2. The van der Waals surface area contributed by atoms with Crippen molar-refractivity contribution in [1.29, 1.82) is 0 Å². The lowest BCUT2D eigenvalue weighted by Crippen LogP contribution is -2.13. The van der Waals surface area contributed by atoms with Crippen LogP contribution in [0.1, 0.15) is 10.4 Å². The van der Waals surface area contributed by atoms with E-state index in [4.69, 9.17) is 5.73 Å². The first-order chi connectivity index (χ1) is 9.92. The second-order valence-corrected chi connectivity index (χ2v) is 5.93. The second-order valence-electron chi connectivity index (χ2n) is 4.25. The van der Waals surface area contributed by atoms with Gasteiger partial charge in [-0.25, -0.2) is 13.2 Å². The minimum absolute atomic E-state index is 0.0472. The molecule has 0 amide bonds. The average molecular weight is 306 g/mol. The van der Waals surface area contributed by atoms with E-state index in [1.54, 1.807) is 18.2 Å². The van der Waals surface area contributed by atoms with E-state index in [0.29, 0.717) is 5.69 Å². The minimum atomic E-state index is -3.77. The minimum Gasteiger partial charge on any atom is -0.465 e. The fraction of sp³-hybridized carbons (Fsp3) is 0.0714. The normalized spacial score (nSPS) is 10.9. The molecule has 0 fully saturated rings. The van der Waals surface area contributed by atoms with Gasteiger partial charge >= 0.3 is 5.97 Å². The monoisotopic (exact) mass is 306 g/mol. The van der Waals surface area contributed by atoms with Crippen molar-refractivity contribution in [2.75, 3.05) is 17.6 Å². The van der Waals surface area contributed by atoms with Crippen LogP contribution in [0, 0.1) is 0 Å². The Morgan fingerprint density at radius 2 is 1.86 bits per heavy atom. The molecule has 0 unspecified atom stereocenters. The van der Waals surface area contributed by atoms with Gasteiger partial charge in [0.1, 0.15) is 0 Å². The Bertz CT molecular complexity index is 772. The van der Waals surface area contributed by atoms with Gasteiger partial charge in [-0.2, -0.15) is 0 Å². The molecule has 3 N–H and O–H groups in total. The van der Waals surface area contributed by atoms with Crippen LogP contribution in [0.25, 0.3) is 0 Å². The van der Waals surface area contributed by atoms with E-state index in [1.807, 2.05) is 0 Å². The molecule has 0 aliphatic heterocycles. The molecule has 7 heteroatoms. The van der Waals surface area contributed by atoms with Crippen LogP contribution in [0.5, 0.6) is 0 Å². The van der Waals surface area contributed by atoms with Crippen molar-refractivity contribution in [1.82, 2.24) is 0 Å². The predicted octanol–water partition coefficient (Wildman–Crippen LogP) is 1.86. The Morgan fingerprint density at radius 3 is 2.52 bits per heavy atom. The standard InChI is InChI=1S/C14H14N2O4S/c1-20-14(17)10-4-2-6-12(8-10)16-21(18,19)13-7-3-5-11(15)9-13/h2-9,16H,15H2,1H3.